The van der Waals surface area contributed by atoms with Gasteiger partial charge in [0.05, 0.1) is 24.9 Å². The zero-order valence-electron chi connectivity index (χ0n) is 11.0. The van der Waals surface area contributed by atoms with Crippen molar-refractivity contribution in [3.63, 3.8) is 0 Å². The lowest BCUT2D eigenvalue weighted by Crippen LogP contribution is -2.45. The third-order valence-electron chi connectivity index (χ3n) is 4.10. The largest absolute Gasteiger partial charge is 0.372 e. The van der Waals surface area contributed by atoms with Crippen LogP contribution in [0.5, 0.6) is 0 Å². The summed E-state index contributed by atoms with van der Waals surface area (Å²) in [7, 11) is 0. The Morgan fingerprint density at radius 2 is 2.53 bits per heavy atom. The second-order valence-corrected chi connectivity index (χ2v) is 5.32. The van der Waals surface area contributed by atoms with Gasteiger partial charge in [0.25, 0.3) is 5.91 Å². The van der Waals surface area contributed by atoms with Gasteiger partial charge in [-0.3, -0.25) is 4.79 Å². The molecule has 1 aromatic heterocycles. The third-order valence-corrected chi connectivity index (χ3v) is 4.10. The summed E-state index contributed by atoms with van der Waals surface area (Å²) in [6.45, 7) is 6.79. The lowest BCUT2D eigenvalue weighted by Gasteiger charge is -2.32. The molecule has 1 aromatic rings. The Hall–Kier alpha value is -1.62. The van der Waals surface area contributed by atoms with Gasteiger partial charge in [0.15, 0.2) is 0 Å². The average Bonchev–Trinajstić information content (AvgIpc) is 3.09. The van der Waals surface area contributed by atoms with Gasteiger partial charge in [0, 0.05) is 6.54 Å². The number of aryl methyl sites for hydroxylation is 1. The van der Waals surface area contributed by atoms with Gasteiger partial charge in [0.2, 0.25) is 0 Å². The fourth-order valence-corrected chi connectivity index (χ4v) is 3.23. The summed E-state index contributed by atoms with van der Waals surface area (Å²) in [5.74, 6) is 1.15. The van der Waals surface area contributed by atoms with Gasteiger partial charge in [-0.25, -0.2) is 0 Å². The van der Waals surface area contributed by atoms with Gasteiger partial charge in [-0.2, -0.15) is 0 Å². The van der Waals surface area contributed by atoms with E-state index in [0.717, 1.165) is 19.4 Å². The molecule has 0 N–H and O–H groups in total. The Labute approximate surface area is 112 Å². The molecule has 0 radical (unpaired) electrons. The summed E-state index contributed by atoms with van der Waals surface area (Å²) in [5, 5.41) is 3.68. The molecular formula is C14H18N2O3. The molecule has 5 heteroatoms. The molecule has 0 spiro atoms. The Bertz CT molecular complexity index is 497. The van der Waals surface area contributed by atoms with E-state index in [4.69, 9.17) is 9.26 Å². The molecule has 3 rings (SSSR count). The Kier molecular flexibility index (Phi) is 3.14. The second-order valence-electron chi connectivity index (χ2n) is 5.32. The summed E-state index contributed by atoms with van der Waals surface area (Å²) in [4.78, 5) is 14.4. The van der Waals surface area contributed by atoms with Crippen LogP contribution in [0.2, 0.25) is 0 Å². The highest BCUT2D eigenvalue weighted by atomic mass is 16.5. The van der Waals surface area contributed by atoms with Crippen molar-refractivity contribution in [1.29, 1.82) is 0 Å². The number of aromatic nitrogens is 1. The number of hydrogen-bond donors (Lipinski definition) is 0. The van der Waals surface area contributed by atoms with Gasteiger partial charge in [-0.1, -0.05) is 11.2 Å². The number of piperidine rings is 1. The monoisotopic (exact) mass is 262 g/mol. The van der Waals surface area contributed by atoms with Gasteiger partial charge < -0.3 is 14.2 Å². The van der Waals surface area contributed by atoms with E-state index in [-0.39, 0.29) is 18.1 Å². The van der Waals surface area contributed by atoms with Crippen LogP contribution in [0.25, 0.3) is 0 Å². The van der Waals surface area contributed by atoms with Crippen LogP contribution in [-0.2, 0) is 4.74 Å². The van der Waals surface area contributed by atoms with E-state index >= 15 is 0 Å². The van der Waals surface area contributed by atoms with Gasteiger partial charge >= 0.3 is 0 Å². The number of likely N-dealkylation sites (tertiary alicyclic amines) is 1. The Morgan fingerprint density at radius 1 is 1.68 bits per heavy atom. The molecule has 2 fully saturated rings. The van der Waals surface area contributed by atoms with Crippen LogP contribution in [0.3, 0.4) is 0 Å². The number of amides is 1. The number of carbonyl (C=O) groups is 1. The molecule has 1 amide bonds. The fourth-order valence-electron chi connectivity index (χ4n) is 3.23. The van der Waals surface area contributed by atoms with Gasteiger partial charge in [0.1, 0.15) is 11.3 Å². The topological polar surface area (TPSA) is 55.6 Å². The molecule has 2 bridgehead atoms. The molecule has 2 heterocycles. The second kappa shape index (κ2) is 4.81. The van der Waals surface area contributed by atoms with Crippen molar-refractivity contribution < 1.29 is 14.1 Å². The minimum atomic E-state index is 0.0122. The van der Waals surface area contributed by atoms with E-state index in [9.17, 15) is 4.79 Å². The van der Waals surface area contributed by atoms with E-state index in [0.29, 0.717) is 23.8 Å². The minimum Gasteiger partial charge on any atom is -0.372 e. The lowest BCUT2D eigenvalue weighted by atomic mass is 10.1. The first-order chi connectivity index (χ1) is 9.20. The highest BCUT2D eigenvalue weighted by Gasteiger charge is 2.47. The van der Waals surface area contributed by atoms with Crippen LogP contribution >= 0.6 is 0 Å². The summed E-state index contributed by atoms with van der Waals surface area (Å²) in [5.41, 5.74) is 0.565. The van der Waals surface area contributed by atoms with Crippen molar-refractivity contribution in [3.05, 3.63) is 30.2 Å². The van der Waals surface area contributed by atoms with Crippen molar-refractivity contribution in [2.24, 2.45) is 5.92 Å². The highest BCUT2D eigenvalue weighted by Crippen LogP contribution is 2.40. The first-order valence-corrected chi connectivity index (χ1v) is 6.65. The normalized spacial score (nSPS) is 28.9. The van der Waals surface area contributed by atoms with Crippen LogP contribution in [-0.4, -0.2) is 41.3 Å². The maximum Gasteiger partial charge on any atom is 0.259 e. The Morgan fingerprint density at radius 3 is 3.16 bits per heavy atom. The molecular weight excluding hydrogens is 244 g/mol. The molecule has 0 aromatic carbocycles. The number of nitrogens with zero attached hydrogens (tertiary/aromatic N) is 2. The summed E-state index contributed by atoms with van der Waals surface area (Å²) < 4.78 is 10.7. The van der Waals surface area contributed by atoms with Crippen molar-refractivity contribution in [2.75, 3.05) is 13.2 Å². The fraction of sp³-hybridized carbons (Fsp3) is 0.571. The molecule has 1 saturated carbocycles. The predicted molar refractivity (Wildman–Crippen MR) is 68.7 cm³/mol. The highest BCUT2D eigenvalue weighted by molar-refractivity contribution is 5.95. The van der Waals surface area contributed by atoms with Crippen LogP contribution in [0.15, 0.2) is 23.4 Å². The summed E-state index contributed by atoms with van der Waals surface area (Å²) in [6.07, 6.45) is 5.48. The molecule has 1 aliphatic heterocycles. The van der Waals surface area contributed by atoms with Crippen LogP contribution in [0, 0.1) is 12.8 Å². The first kappa shape index (κ1) is 12.4. The molecule has 3 atom stereocenters. The molecule has 1 saturated heterocycles. The number of ether oxygens (including phenoxy) is 1. The number of rotatable bonds is 4. The number of hydrogen-bond acceptors (Lipinski definition) is 4. The number of fused-ring (bicyclic) bond motifs is 2. The molecule has 102 valence electrons. The SMILES string of the molecule is C=CCO[C@@H]1C[C@H]2C[C@H]1N(C(=O)c1cnoc1C)C2. The van der Waals surface area contributed by atoms with Gasteiger partial charge in [-0.15, -0.1) is 6.58 Å². The quantitative estimate of drug-likeness (QED) is 0.776. The summed E-state index contributed by atoms with van der Waals surface area (Å²) in [6, 6.07) is 0.187. The maximum absolute atomic E-state index is 12.5. The molecule has 2 aliphatic rings. The average molecular weight is 262 g/mol. The van der Waals surface area contributed by atoms with E-state index in [1.165, 1.54) is 6.20 Å². The van der Waals surface area contributed by atoms with Crippen molar-refractivity contribution in [1.82, 2.24) is 10.1 Å². The van der Waals surface area contributed by atoms with Crippen LogP contribution in [0.4, 0.5) is 0 Å². The van der Waals surface area contributed by atoms with Crippen LogP contribution in [0.1, 0.15) is 29.0 Å². The number of carbonyl (C=O) groups excluding carboxylic acids is 1. The standard InChI is InChI=1S/C14H18N2O3/c1-3-4-18-13-6-10-5-12(13)16(8-10)14(17)11-7-15-19-9(11)2/h3,7,10,12-13H,1,4-6,8H2,2H3/t10-,12-,13-/m1/s1. The first-order valence-electron chi connectivity index (χ1n) is 6.65. The van der Waals surface area contributed by atoms with E-state index in [2.05, 4.69) is 11.7 Å². The zero-order chi connectivity index (χ0) is 13.4. The minimum absolute atomic E-state index is 0.0122. The third kappa shape index (κ3) is 2.08. The zero-order valence-corrected chi connectivity index (χ0v) is 11.0. The lowest BCUT2D eigenvalue weighted by molar-refractivity contribution is 0.00461. The molecule has 19 heavy (non-hydrogen) atoms. The Balaban J connectivity index is 1.74. The molecule has 5 nitrogen and oxygen atoms in total. The van der Waals surface area contributed by atoms with Crippen molar-refractivity contribution in [3.8, 4) is 0 Å². The molecule has 1 aliphatic carbocycles. The van der Waals surface area contributed by atoms with Gasteiger partial charge in [-0.05, 0) is 25.7 Å². The van der Waals surface area contributed by atoms with Crippen molar-refractivity contribution in [2.45, 2.75) is 31.9 Å². The smallest absolute Gasteiger partial charge is 0.259 e. The summed E-state index contributed by atoms with van der Waals surface area (Å²) >= 11 is 0. The van der Waals surface area contributed by atoms with E-state index < -0.39 is 0 Å². The predicted octanol–water partition coefficient (Wildman–Crippen LogP) is 1.79. The van der Waals surface area contributed by atoms with Crippen molar-refractivity contribution >= 4 is 5.91 Å². The van der Waals surface area contributed by atoms with Crippen LogP contribution < -0.4 is 0 Å². The van der Waals surface area contributed by atoms with E-state index in [1.54, 1.807) is 13.0 Å². The molecule has 0 unspecified atom stereocenters. The maximum atomic E-state index is 12.5. The van der Waals surface area contributed by atoms with E-state index in [1.807, 2.05) is 4.90 Å².